The van der Waals surface area contributed by atoms with E-state index in [1.165, 1.54) is 16.7 Å². The molecular weight excluding hydrogens is 424 g/mol. The molecule has 2 aliphatic rings. The second-order valence-corrected chi connectivity index (χ2v) is 9.78. The molecule has 5 rings (SSSR count). The number of hydrogen-bond donors (Lipinski definition) is 1. The summed E-state index contributed by atoms with van der Waals surface area (Å²) in [5.74, 6) is 1.30. The largest absolute Gasteiger partial charge is 0.342 e. The molecule has 3 aromatic rings. The molecule has 3 heterocycles. The number of amides is 2. The van der Waals surface area contributed by atoms with Crippen molar-refractivity contribution in [2.45, 2.75) is 58.8 Å². The Balaban J connectivity index is 1.25. The van der Waals surface area contributed by atoms with Crippen LogP contribution in [-0.4, -0.2) is 46.3 Å². The summed E-state index contributed by atoms with van der Waals surface area (Å²) in [6, 6.07) is 12.5. The van der Waals surface area contributed by atoms with Crippen molar-refractivity contribution in [1.29, 1.82) is 0 Å². The van der Waals surface area contributed by atoms with Crippen molar-refractivity contribution in [1.82, 2.24) is 14.9 Å². The van der Waals surface area contributed by atoms with Gasteiger partial charge in [-0.15, -0.1) is 0 Å². The molecule has 2 saturated heterocycles. The number of nitrogens with zero attached hydrogens (tertiary/aromatic N) is 3. The van der Waals surface area contributed by atoms with E-state index >= 15 is 0 Å². The lowest BCUT2D eigenvalue weighted by molar-refractivity contribution is -0.136. The van der Waals surface area contributed by atoms with Gasteiger partial charge in [0.15, 0.2) is 0 Å². The Bertz CT molecular complexity index is 1200. The number of anilines is 1. The Hall–Kier alpha value is -3.15. The van der Waals surface area contributed by atoms with Gasteiger partial charge >= 0.3 is 0 Å². The fourth-order valence-electron chi connectivity index (χ4n) is 5.62. The second kappa shape index (κ2) is 9.24. The molecule has 6 nitrogen and oxygen atoms in total. The average Bonchev–Trinajstić information content (AvgIpc) is 3.46. The van der Waals surface area contributed by atoms with Gasteiger partial charge < -0.3 is 14.8 Å². The van der Waals surface area contributed by atoms with Crippen LogP contribution in [0, 0.1) is 12.8 Å². The predicted molar refractivity (Wildman–Crippen MR) is 135 cm³/mol. The summed E-state index contributed by atoms with van der Waals surface area (Å²) < 4.78 is 0. The lowest BCUT2D eigenvalue weighted by Gasteiger charge is -2.33. The molecule has 1 N–H and O–H groups in total. The summed E-state index contributed by atoms with van der Waals surface area (Å²) >= 11 is 0. The molecule has 34 heavy (non-hydrogen) atoms. The second-order valence-electron chi connectivity index (χ2n) is 9.78. The number of aryl methyl sites for hydroxylation is 3. The number of carbonyl (C=O) groups excluding carboxylic acids is 2. The van der Waals surface area contributed by atoms with Gasteiger partial charge in [0.1, 0.15) is 5.82 Å². The lowest BCUT2D eigenvalue weighted by Crippen LogP contribution is -2.42. The highest BCUT2D eigenvalue weighted by Crippen LogP contribution is 2.34. The Labute approximate surface area is 201 Å². The minimum absolute atomic E-state index is 0.0707. The zero-order valence-corrected chi connectivity index (χ0v) is 20.4. The lowest BCUT2D eigenvalue weighted by atomic mass is 9.95. The van der Waals surface area contributed by atoms with Crippen molar-refractivity contribution in [3.05, 3.63) is 58.9 Å². The third-order valence-electron chi connectivity index (χ3n) is 7.56. The van der Waals surface area contributed by atoms with Crippen LogP contribution in [-0.2, 0) is 22.4 Å². The van der Waals surface area contributed by atoms with E-state index in [1.807, 2.05) is 9.80 Å². The smallest absolute Gasteiger partial charge is 0.228 e. The normalized spacial score (nSPS) is 19.4. The van der Waals surface area contributed by atoms with E-state index in [2.05, 4.69) is 62.2 Å². The van der Waals surface area contributed by atoms with Crippen molar-refractivity contribution in [2.24, 2.45) is 5.92 Å². The zero-order chi connectivity index (χ0) is 23.8. The van der Waals surface area contributed by atoms with Gasteiger partial charge in [-0.2, -0.15) is 0 Å². The standard InChI is InChI=1S/C28H34N4O2/c1-4-19-7-6-8-20(5-2)26(19)32-17-22(16-25(32)33)28(34)31-13-11-21(12-14-31)27-29-23-10-9-18(3)15-24(23)30-27/h6-10,15,21-22H,4-5,11-14,16-17H2,1-3H3,(H,29,30). The van der Waals surface area contributed by atoms with Crippen molar-refractivity contribution < 1.29 is 9.59 Å². The van der Waals surface area contributed by atoms with Crippen LogP contribution in [0.3, 0.4) is 0 Å². The minimum Gasteiger partial charge on any atom is -0.342 e. The molecule has 2 aromatic carbocycles. The van der Waals surface area contributed by atoms with E-state index in [1.54, 1.807) is 0 Å². The maximum atomic E-state index is 13.4. The number of likely N-dealkylation sites (tertiary alicyclic amines) is 1. The van der Waals surface area contributed by atoms with Crippen LogP contribution in [0.1, 0.15) is 61.5 Å². The molecule has 178 valence electrons. The fourth-order valence-corrected chi connectivity index (χ4v) is 5.62. The maximum Gasteiger partial charge on any atom is 0.228 e. The van der Waals surface area contributed by atoms with Crippen LogP contribution in [0.15, 0.2) is 36.4 Å². The number of imidazole rings is 1. The summed E-state index contributed by atoms with van der Waals surface area (Å²) in [5.41, 5.74) is 6.70. The number of hydrogen-bond acceptors (Lipinski definition) is 3. The molecule has 0 aliphatic carbocycles. The van der Waals surface area contributed by atoms with Gasteiger partial charge in [-0.05, 0) is 61.4 Å². The Morgan fingerprint density at radius 3 is 2.47 bits per heavy atom. The third kappa shape index (κ3) is 4.10. The quantitative estimate of drug-likeness (QED) is 0.600. The number of benzene rings is 2. The molecule has 0 bridgehead atoms. The SMILES string of the molecule is CCc1cccc(CC)c1N1CC(C(=O)N2CCC(c3nc4ccc(C)cc4[nH]3)CC2)CC1=O. The summed E-state index contributed by atoms with van der Waals surface area (Å²) in [6.45, 7) is 8.25. The van der Waals surface area contributed by atoms with Crippen molar-refractivity contribution in [3.8, 4) is 0 Å². The van der Waals surface area contributed by atoms with E-state index in [0.717, 1.165) is 61.3 Å². The molecular formula is C28H34N4O2. The first-order chi connectivity index (χ1) is 16.5. The molecule has 1 atom stereocenters. The monoisotopic (exact) mass is 458 g/mol. The molecule has 2 fully saturated rings. The highest BCUT2D eigenvalue weighted by atomic mass is 16.2. The highest BCUT2D eigenvalue weighted by Gasteiger charge is 2.39. The molecule has 2 amide bonds. The van der Waals surface area contributed by atoms with Gasteiger partial charge in [-0.25, -0.2) is 4.98 Å². The number of piperidine rings is 1. The summed E-state index contributed by atoms with van der Waals surface area (Å²) in [4.78, 5) is 38.5. The molecule has 0 spiro atoms. The molecule has 0 saturated carbocycles. The third-order valence-corrected chi connectivity index (χ3v) is 7.56. The number of nitrogens with one attached hydrogen (secondary N) is 1. The summed E-state index contributed by atoms with van der Waals surface area (Å²) in [7, 11) is 0. The van der Waals surface area contributed by atoms with Crippen LogP contribution in [0.5, 0.6) is 0 Å². The summed E-state index contributed by atoms with van der Waals surface area (Å²) in [5, 5.41) is 0. The molecule has 1 aromatic heterocycles. The van der Waals surface area contributed by atoms with Crippen LogP contribution in [0.25, 0.3) is 11.0 Å². The van der Waals surface area contributed by atoms with Crippen LogP contribution in [0.2, 0.25) is 0 Å². The van der Waals surface area contributed by atoms with Crippen molar-refractivity contribution in [2.75, 3.05) is 24.5 Å². The minimum atomic E-state index is -0.257. The first kappa shape index (κ1) is 22.6. The molecule has 6 heteroatoms. The van der Waals surface area contributed by atoms with Gasteiger partial charge in [-0.1, -0.05) is 38.1 Å². The Kier molecular flexibility index (Phi) is 6.15. The van der Waals surface area contributed by atoms with Gasteiger partial charge in [0.05, 0.1) is 17.0 Å². The van der Waals surface area contributed by atoms with Crippen LogP contribution >= 0.6 is 0 Å². The average molecular weight is 459 g/mol. The van der Waals surface area contributed by atoms with Crippen LogP contribution < -0.4 is 4.90 Å². The van der Waals surface area contributed by atoms with Gasteiger partial charge in [0.25, 0.3) is 0 Å². The number of para-hydroxylation sites is 1. The van der Waals surface area contributed by atoms with Crippen molar-refractivity contribution in [3.63, 3.8) is 0 Å². The zero-order valence-electron chi connectivity index (χ0n) is 20.4. The number of rotatable bonds is 5. The summed E-state index contributed by atoms with van der Waals surface area (Å²) in [6.07, 6.45) is 3.85. The van der Waals surface area contributed by atoms with Crippen molar-refractivity contribution >= 4 is 28.5 Å². The van der Waals surface area contributed by atoms with E-state index in [9.17, 15) is 9.59 Å². The highest BCUT2D eigenvalue weighted by molar-refractivity contribution is 6.01. The maximum absolute atomic E-state index is 13.4. The van der Waals surface area contributed by atoms with Gasteiger partial charge in [-0.3, -0.25) is 9.59 Å². The number of H-pyrrole nitrogens is 1. The fraction of sp³-hybridized carbons (Fsp3) is 0.464. The van der Waals surface area contributed by atoms with E-state index < -0.39 is 0 Å². The van der Waals surface area contributed by atoms with E-state index in [-0.39, 0.29) is 17.7 Å². The van der Waals surface area contributed by atoms with E-state index in [0.29, 0.717) is 18.9 Å². The first-order valence-electron chi connectivity index (χ1n) is 12.6. The van der Waals surface area contributed by atoms with Gasteiger partial charge in [0, 0.05) is 37.7 Å². The topological polar surface area (TPSA) is 69.3 Å². The first-order valence-corrected chi connectivity index (χ1v) is 12.6. The Morgan fingerprint density at radius 1 is 1.09 bits per heavy atom. The number of aromatic nitrogens is 2. The van der Waals surface area contributed by atoms with E-state index in [4.69, 9.17) is 4.98 Å². The predicted octanol–water partition coefficient (Wildman–Crippen LogP) is 4.76. The molecule has 2 aliphatic heterocycles. The molecule has 0 radical (unpaired) electrons. The number of fused-ring (bicyclic) bond motifs is 1. The molecule has 1 unspecified atom stereocenters. The number of aromatic amines is 1. The van der Waals surface area contributed by atoms with Gasteiger partial charge in [0.2, 0.25) is 11.8 Å². The number of carbonyl (C=O) groups is 2. The Morgan fingerprint density at radius 2 is 1.79 bits per heavy atom. The van der Waals surface area contributed by atoms with Crippen LogP contribution in [0.4, 0.5) is 5.69 Å².